The van der Waals surface area contributed by atoms with Crippen molar-refractivity contribution in [3.05, 3.63) is 83.5 Å². The predicted octanol–water partition coefficient (Wildman–Crippen LogP) is 5.93. The Bertz CT molecular complexity index is 1100. The SMILES string of the molecule is C=CCC[C@H](O)CN(Cc1c(C)nn(-c2ccccc2)c1Oc1ccccc1Cl)C[C@@H]1CCCO1. The number of aliphatic hydroxyl groups excluding tert-OH is 1. The molecule has 3 aromatic rings. The molecule has 0 saturated carbocycles. The molecule has 0 spiro atoms. The third-order valence-electron chi connectivity index (χ3n) is 6.22. The number of benzene rings is 2. The summed E-state index contributed by atoms with van der Waals surface area (Å²) in [5.41, 5.74) is 2.73. The Morgan fingerprint density at radius 1 is 1.26 bits per heavy atom. The maximum Gasteiger partial charge on any atom is 0.227 e. The van der Waals surface area contributed by atoms with Crippen LogP contribution in [0.1, 0.15) is 36.9 Å². The molecular weight excluding hydrogens is 462 g/mol. The quantitative estimate of drug-likeness (QED) is 0.315. The highest BCUT2D eigenvalue weighted by Crippen LogP contribution is 2.35. The van der Waals surface area contributed by atoms with Crippen molar-refractivity contribution in [2.75, 3.05) is 19.7 Å². The van der Waals surface area contributed by atoms with Crippen molar-refractivity contribution in [2.24, 2.45) is 0 Å². The molecule has 1 aromatic heterocycles. The highest BCUT2D eigenvalue weighted by atomic mass is 35.5. The topological polar surface area (TPSA) is 59.8 Å². The van der Waals surface area contributed by atoms with Gasteiger partial charge in [0.2, 0.25) is 5.88 Å². The second-order valence-corrected chi connectivity index (χ2v) is 9.41. The number of aliphatic hydroxyl groups is 1. The van der Waals surface area contributed by atoms with Gasteiger partial charge in [0.25, 0.3) is 0 Å². The largest absolute Gasteiger partial charge is 0.437 e. The summed E-state index contributed by atoms with van der Waals surface area (Å²) in [6, 6.07) is 17.4. The van der Waals surface area contributed by atoms with E-state index in [0.717, 1.165) is 49.4 Å². The van der Waals surface area contributed by atoms with Crippen molar-refractivity contribution >= 4 is 11.6 Å². The Kier molecular flexibility index (Phi) is 8.99. The monoisotopic (exact) mass is 495 g/mol. The van der Waals surface area contributed by atoms with Gasteiger partial charge < -0.3 is 14.6 Å². The average Bonchev–Trinajstić information content (AvgIpc) is 3.48. The maximum atomic E-state index is 10.7. The summed E-state index contributed by atoms with van der Waals surface area (Å²) in [5, 5.41) is 16.1. The number of hydrogen-bond donors (Lipinski definition) is 1. The fourth-order valence-electron chi connectivity index (χ4n) is 4.40. The fourth-order valence-corrected chi connectivity index (χ4v) is 4.58. The summed E-state index contributed by atoms with van der Waals surface area (Å²) in [4.78, 5) is 2.25. The molecule has 1 aliphatic rings. The van der Waals surface area contributed by atoms with E-state index in [1.165, 1.54) is 0 Å². The first-order valence-corrected chi connectivity index (χ1v) is 12.6. The van der Waals surface area contributed by atoms with E-state index >= 15 is 0 Å². The van der Waals surface area contributed by atoms with Gasteiger partial charge in [-0.15, -0.1) is 6.58 Å². The van der Waals surface area contributed by atoms with Crippen LogP contribution >= 0.6 is 11.6 Å². The minimum atomic E-state index is -0.452. The van der Waals surface area contributed by atoms with Crippen molar-refractivity contribution < 1.29 is 14.6 Å². The molecule has 1 aliphatic heterocycles. The molecule has 6 nitrogen and oxygen atoms in total. The van der Waals surface area contributed by atoms with Gasteiger partial charge in [-0.05, 0) is 56.9 Å². The summed E-state index contributed by atoms with van der Waals surface area (Å²) < 4.78 is 14.2. The second kappa shape index (κ2) is 12.4. The Morgan fingerprint density at radius 2 is 2.03 bits per heavy atom. The van der Waals surface area contributed by atoms with Crippen molar-refractivity contribution in [3.8, 4) is 17.3 Å². The minimum absolute atomic E-state index is 0.166. The Morgan fingerprint density at radius 3 is 2.74 bits per heavy atom. The lowest BCUT2D eigenvalue weighted by Crippen LogP contribution is -2.37. The molecule has 2 heterocycles. The van der Waals surface area contributed by atoms with Crippen LogP contribution in [0.25, 0.3) is 5.69 Å². The lowest BCUT2D eigenvalue weighted by molar-refractivity contribution is 0.0442. The summed E-state index contributed by atoms with van der Waals surface area (Å²) in [6.07, 6.45) is 5.12. The molecule has 1 saturated heterocycles. The first-order chi connectivity index (χ1) is 17.0. The number of allylic oxidation sites excluding steroid dienone is 1. The maximum absolute atomic E-state index is 10.7. The third kappa shape index (κ3) is 6.73. The molecule has 4 rings (SSSR count). The Hall–Kier alpha value is -2.64. The van der Waals surface area contributed by atoms with Crippen molar-refractivity contribution in [1.29, 1.82) is 0 Å². The molecule has 7 heteroatoms. The first-order valence-electron chi connectivity index (χ1n) is 12.2. The van der Waals surface area contributed by atoms with Crippen molar-refractivity contribution in [2.45, 2.75) is 51.4 Å². The smallest absolute Gasteiger partial charge is 0.227 e. The van der Waals surface area contributed by atoms with Gasteiger partial charge in [-0.1, -0.05) is 48.0 Å². The third-order valence-corrected chi connectivity index (χ3v) is 6.53. The standard InChI is InChI=1S/C28H34ClN3O3/c1-3-4-13-23(33)18-31(19-24-14-10-17-34-24)20-25-21(2)30-32(22-11-6-5-7-12-22)28(25)35-27-16-9-8-15-26(27)29/h3,5-9,11-12,15-16,23-24,33H,1,4,10,13-14,17-20H2,2H3/t23-,24-/m0/s1. The molecular formula is C28H34ClN3O3. The molecule has 0 aliphatic carbocycles. The van der Waals surface area contributed by atoms with E-state index in [-0.39, 0.29) is 6.10 Å². The molecule has 2 aromatic carbocycles. The zero-order valence-electron chi connectivity index (χ0n) is 20.3. The molecule has 35 heavy (non-hydrogen) atoms. The molecule has 0 amide bonds. The highest BCUT2D eigenvalue weighted by Gasteiger charge is 2.26. The van der Waals surface area contributed by atoms with Gasteiger partial charge >= 0.3 is 0 Å². The van der Waals surface area contributed by atoms with E-state index in [1.807, 2.05) is 72.3 Å². The molecule has 0 bridgehead atoms. The molecule has 186 valence electrons. The normalized spacial score (nSPS) is 16.5. The van der Waals surface area contributed by atoms with Gasteiger partial charge in [0.1, 0.15) is 5.75 Å². The lowest BCUT2D eigenvalue weighted by atomic mass is 10.1. The van der Waals surface area contributed by atoms with Gasteiger partial charge in [0.05, 0.1) is 34.2 Å². The number of para-hydroxylation sites is 2. The zero-order valence-corrected chi connectivity index (χ0v) is 21.0. The van der Waals surface area contributed by atoms with Crippen LogP contribution in [0, 0.1) is 6.92 Å². The van der Waals surface area contributed by atoms with E-state index in [9.17, 15) is 5.11 Å². The van der Waals surface area contributed by atoms with Crippen molar-refractivity contribution in [3.63, 3.8) is 0 Å². The second-order valence-electron chi connectivity index (χ2n) is 9.00. The number of ether oxygens (including phenoxy) is 2. The van der Waals surface area contributed by atoms with Crippen LogP contribution in [0.5, 0.6) is 11.6 Å². The number of nitrogens with zero attached hydrogens (tertiary/aromatic N) is 3. The summed E-state index contributed by atoms with van der Waals surface area (Å²) in [7, 11) is 0. The molecule has 0 unspecified atom stereocenters. The molecule has 2 atom stereocenters. The van der Waals surface area contributed by atoms with Crippen LogP contribution < -0.4 is 4.74 Å². The van der Waals surface area contributed by atoms with Gasteiger partial charge in [0, 0.05) is 26.2 Å². The fraction of sp³-hybridized carbons (Fsp3) is 0.393. The van der Waals surface area contributed by atoms with Crippen LogP contribution in [0.2, 0.25) is 5.02 Å². The van der Waals surface area contributed by atoms with Gasteiger partial charge in [-0.2, -0.15) is 5.10 Å². The number of aromatic nitrogens is 2. The molecule has 1 N–H and O–H groups in total. The van der Waals surface area contributed by atoms with Gasteiger partial charge in [0.15, 0.2) is 0 Å². The van der Waals surface area contributed by atoms with E-state index < -0.39 is 6.10 Å². The van der Waals surface area contributed by atoms with Crippen LogP contribution in [-0.4, -0.2) is 51.7 Å². The first kappa shape index (κ1) is 25.5. The van der Waals surface area contributed by atoms with E-state index in [1.54, 1.807) is 0 Å². The molecule has 0 radical (unpaired) electrons. The number of hydrogen-bond acceptors (Lipinski definition) is 5. The van der Waals surface area contributed by atoms with Crippen LogP contribution in [0.15, 0.2) is 67.3 Å². The Labute approximate surface area is 212 Å². The zero-order chi connectivity index (χ0) is 24.6. The van der Waals surface area contributed by atoms with Crippen LogP contribution in [-0.2, 0) is 11.3 Å². The Balaban J connectivity index is 1.67. The number of halogens is 1. The van der Waals surface area contributed by atoms with Crippen molar-refractivity contribution in [1.82, 2.24) is 14.7 Å². The number of aryl methyl sites for hydroxylation is 1. The van der Waals surface area contributed by atoms with Gasteiger partial charge in [-0.25, -0.2) is 4.68 Å². The number of rotatable bonds is 12. The van der Waals surface area contributed by atoms with Gasteiger partial charge in [-0.3, -0.25) is 4.90 Å². The van der Waals surface area contributed by atoms with E-state index in [2.05, 4.69) is 11.5 Å². The summed E-state index contributed by atoms with van der Waals surface area (Å²) in [5.74, 6) is 1.20. The average molecular weight is 496 g/mol. The predicted molar refractivity (Wildman–Crippen MR) is 140 cm³/mol. The minimum Gasteiger partial charge on any atom is -0.437 e. The van der Waals surface area contributed by atoms with E-state index in [4.69, 9.17) is 26.2 Å². The van der Waals surface area contributed by atoms with Crippen LogP contribution in [0.3, 0.4) is 0 Å². The van der Waals surface area contributed by atoms with Crippen LogP contribution in [0.4, 0.5) is 0 Å². The summed E-state index contributed by atoms with van der Waals surface area (Å²) in [6.45, 7) is 8.42. The molecule has 1 fully saturated rings. The lowest BCUT2D eigenvalue weighted by Gasteiger charge is -2.27. The van der Waals surface area contributed by atoms with E-state index in [0.29, 0.717) is 36.2 Å². The summed E-state index contributed by atoms with van der Waals surface area (Å²) >= 11 is 6.45. The highest BCUT2D eigenvalue weighted by molar-refractivity contribution is 6.32.